The van der Waals surface area contributed by atoms with Crippen LogP contribution in [0, 0.1) is 16.7 Å². The summed E-state index contributed by atoms with van der Waals surface area (Å²) >= 11 is 1.14. The number of ketones is 1. The van der Waals surface area contributed by atoms with E-state index in [1.807, 2.05) is 44.2 Å². The summed E-state index contributed by atoms with van der Waals surface area (Å²) in [5.41, 5.74) is 8.04. The molecule has 2 aromatic rings. The van der Waals surface area contributed by atoms with Crippen LogP contribution < -0.4 is 5.73 Å². The average Bonchev–Trinajstić information content (AvgIpc) is 2.58. The number of fused-ring (bicyclic) bond motifs is 1. The van der Waals surface area contributed by atoms with Gasteiger partial charge in [0.1, 0.15) is 11.1 Å². The van der Waals surface area contributed by atoms with Crippen molar-refractivity contribution in [3.8, 4) is 17.2 Å². The molecule has 0 aliphatic heterocycles. The van der Waals surface area contributed by atoms with Gasteiger partial charge in [-0.25, -0.2) is 4.98 Å². The van der Waals surface area contributed by atoms with Crippen molar-refractivity contribution < 1.29 is 9.59 Å². The number of nitriles is 1. The Labute approximate surface area is 156 Å². The summed E-state index contributed by atoms with van der Waals surface area (Å²) in [6.45, 7) is 4.07. The quantitative estimate of drug-likeness (QED) is 0.838. The third-order valence-corrected chi connectivity index (χ3v) is 5.33. The second kappa shape index (κ2) is 6.93. The maximum atomic E-state index is 12.9. The summed E-state index contributed by atoms with van der Waals surface area (Å²) in [6, 6.07) is 11.6. The minimum Gasteiger partial charge on any atom is -0.369 e. The van der Waals surface area contributed by atoms with Crippen LogP contribution in [0.25, 0.3) is 11.1 Å². The molecule has 132 valence electrons. The molecule has 0 atom stereocenters. The Kier molecular flexibility index (Phi) is 4.84. The number of thioether (sulfide) groups is 1. The molecule has 6 heteroatoms. The molecule has 1 amide bonds. The number of carbonyl (C=O) groups excluding carboxylic acids is 2. The van der Waals surface area contributed by atoms with Crippen LogP contribution in [-0.2, 0) is 11.2 Å². The van der Waals surface area contributed by atoms with Crippen LogP contribution in [0.2, 0.25) is 0 Å². The van der Waals surface area contributed by atoms with E-state index in [2.05, 4.69) is 11.1 Å². The van der Waals surface area contributed by atoms with Crippen molar-refractivity contribution in [3.63, 3.8) is 0 Å². The van der Waals surface area contributed by atoms with Crippen molar-refractivity contribution in [1.29, 1.82) is 5.26 Å². The maximum Gasteiger partial charge on any atom is 0.227 e. The predicted molar refractivity (Wildman–Crippen MR) is 101 cm³/mol. The summed E-state index contributed by atoms with van der Waals surface area (Å²) in [5, 5.41) is 10.2. The van der Waals surface area contributed by atoms with Gasteiger partial charge in [0.25, 0.3) is 0 Å². The SMILES string of the molecule is CC1(C)CC(=O)c2c(nc(SCC(N)=O)c(C#N)c2-c2ccccc2)C1. The molecular weight excluding hydrogens is 346 g/mol. The number of Topliss-reactive ketones (excluding diaryl/α,β-unsaturated/α-hetero) is 1. The number of nitrogens with two attached hydrogens (primary N) is 1. The lowest BCUT2D eigenvalue weighted by Crippen LogP contribution is -2.29. The Hall–Kier alpha value is -2.65. The monoisotopic (exact) mass is 365 g/mol. The van der Waals surface area contributed by atoms with Crippen LogP contribution in [0.3, 0.4) is 0 Å². The summed E-state index contributed by atoms with van der Waals surface area (Å²) < 4.78 is 0. The van der Waals surface area contributed by atoms with Gasteiger partial charge in [-0.3, -0.25) is 9.59 Å². The number of primary amides is 1. The number of amides is 1. The number of hydrogen-bond donors (Lipinski definition) is 1. The highest BCUT2D eigenvalue weighted by atomic mass is 32.2. The molecule has 1 heterocycles. The van der Waals surface area contributed by atoms with Gasteiger partial charge in [-0.2, -0.15) is 5.26 Å². The van der Waals surface area contributed by atoms with Crippen molar-refractivity contribution >= 4 is 23.5 Å². The molecule has 0 spiro atoms. The van der Waals surface area contributed by atoms with E-state index < -0.39 is 5.91 Å². The molecule has 0 saturated heterocycles. The van der Waals surface area contributed by atoms with E-state index >= 15 is 0 Å². The molecule has 0 fully saturated rings. The zero-order valence-corrected chi connectivity index (χ0v) is 15.5. The fourth-order valence-corrected chi connectivity index (χ4v) is 4.06. The van der Waals surface area contributed by atoms with Crippen molar-refractivity contribution in [2.24, 2.45) is 11.1 Å². The molecule has 0 bridgehead atoms. The van der Waals surface area contributed by atoms with E-state index in [1.54, 1.807) is 0 Å². The number of pyridine rings is 1. The number of benzene rings is 1. The van der Waals surface area contributed by atoms with Crippen LogP contribution in [0.15, 0.2) is 35.4 Å². The first-order chi connectivity index (χ1) is 12.3. The maximum absolute atomic E-state index is 12.9. The normalized spacial score (nSPS) is 15.2. The second-order valence-electron chi connectivity index (χ2n) is 7.16. The van der Waals surface area contributed by atoms with E-state index in [9.17, 15) is 14.9 Å². The number of carbonyl (C=O) groups is 2. The first-order valence-electron chi connectivity index (χ1n) is 8.29. The minimum atomic E-state index is -0.476. The summed E-state index contributed by atoms with van der Waals surface area (Å²) in [7, 11) is 0. The summed E-state index contributed by atoms with van der Waals surface area (Å²) in [4.78, 5) is 28.7. The van der Waals surface area contributed by atoms with E-state index in [0.29, 0.717) is 40.3 Å². The molecule has 5 nitrogen and oxygen atoms in total. The van der Waals surface area contributed by atoms with Crippen molar-refractivity contribution in [3.05, 3.63) is 47.2 Å². The number of hydrogen-bond acceptors (Lipinski definition) is 5. The fourth-order valence-electron chi connectivity index (χ4n) is 3.32. The molecule has 0 saturated carbocycles. The third kappa shape index (κ3) is 3.49. The van der Waals surface area contributed by atoms with Crippen LogP contribution in [-0.4, -0.2) is 22.4 Å². The zero-order chi connectivity index (χ0) is 18.9. The van der Waals surface area contributed by atoms with E-state index in [0.717, 1.165) is 17.3 Å². The third-order valence-electron chi connectivity index (χ3n) is 4.33. The van der Waals surface area contributed by atoms with Gasteiger partial charge < -0.3 is 5.73 Å². The first kappa shape index (κ1) is 18.2. The second-order valence-corrected chi connectivity index (χ2v) is 8.13. The zero-order valence-electron chi connectivity index (χ0n) is 14.7. The van der Waals surface area contributed by atoms with Gasteiger partial charge in [-0.1, -0.05) is 55.9 Å². The average molecular weight is 365 g/mol. The Morgan fingerprint density at radius 2 is 1.96 bits per heavy atom. The summed E-state index contributed by atoms with van der Waals surface area (Å²) in [6.07, 6.45) is 1.06. The first-order valence-corrected chi connectivity index (χ1v) is 9.27. The molecule has 1 aliphatic carbocycles. The van der Waals surface area contributed by atoms with Crippen molar-refractivity contribution in [1.82, 2.24) is 4.98 Å². The van der Waals surface area contributed by atoms with Gasteiger partial charge in [-0.15, -0.1) is 0 Å². The lowest BCUT2D eigenvalue weighted by Gasteiger charge is -2.31. The molecule has 2 N–H and O–H groups in total. The molecule has 1 aromatic heterocycles. The summed E-state index contributed by atoms with van der Waals surface area (Å²) in [5.74, 6) is -0.437. The highest BCUT2D eigenvalue weighted by molar-refractivity contribution is 8.00. The van der Waals surface area contributed by atoms with E-state index in [1.165, 1.54) is 0 Å². The number of aromatic nitrogens is 1. The van der Waals surface area contributed by atoms with E-state index in [4.69, 9.17) is 5.73 Å². The lowest BCUT2D eigenvalue weighted by atomic mass is 9.73. The Morgan fingerprint density at radius 3 is 2.58 bits per heavy atom. The van der Waals surface area contributed by atoms with Gasteiger partial charge in [0.05, 0.1) is 17.0 Å². The Balaban J connectivity index is 2.29. The molecular formula is C20H19N3O2S. The van der Waals surface area contributed by atoms with Crippen LogP contribution in [0.5, 0.6) is 0 Å². The van der Waals surface area contributed by atoms with Crippen LogP contribution in [0.4, 0.5) is 0 Å². The van der Waals surface area contributed by atoms with Crippen LogP contribution >= 0.6 is 11.8 Å². The standard InChI is InChI=1S/C20H19N3O2S/c1-20(2)8-14-18(15(24)9-20)17(12-6-4-3-5-7-12)13(10-21)19(23-14)26-11-16(22)25/h3-7H,8-9,11H2,1-2H3,(H2,22,25). The highest BCUT2D eigenvalue weighted by Gasteiger charge is 2.36. The molecule has 0 radical (unpaired) electrons. The van der Waals surface area contributed by atoms with Gasteiger partial charge >= 0.3 is 0 Å². The van der Waals surface area contributed by atoms with Crippen molar-refractivity contribution in [2.45, 2.75) is 31.7 Å². The van der Waals surface area contributed by atoms with E-state index in [-0.39, 0.29) is 17.0 Å². The molecule has 26 heavy (non-hydrogen) atoms. The van der Waals surface area contributed by atoms with Gasteiger partial charge in [0.2, 0.25) is 5.91 Å². The Bertz CT molecular complexity index is 930. The smallest absolute Gasteiger partial charge is 0.227 e. The van der Waals surface area contributed by atoms with Gasteiger partial charge in [-0.05, 0) is 17.4 Å². The minimum absolute atomic E-state index is 0.00514. The Morgan fingerprint density at radius 1 is 1.27 bits per heavy atom. The number of rotatable bonds is 4. The fraction of sp³-hybridized carbons (Fsp3) is 0.300. The molecule has 1 aliphatic rings. The van der Waals surface area contributed by atoms with Gasteiger partial charge in [0, 0.05) is 17.5 Å². The largest absolute Gasteiger partial charge is 0.369 e. The molecule has 1 aromatic carbocycles. The predicted octanol–water partition coefficient (Wildman–Crippen LogP) is 3.35. The topological polar surface area (TPSA) is 96.8 Å². The number of nitrogens with zero attached hydrogens (tertiary/aromatic N) is 2. The highest BCUT2D eigenvalue weighted by Crippen LogP contribution is 2.42. The van der Waals surface area contributed by atoms with Crippen LogP contribution in [0.1, 0.15) is 41.9 Å². The molecule has 3 rings (SSSR count). The van der Waals surface area contributed by atoms with Crippen molar-refractivity contribution in [2.75, 3.05) is 5.75 Å². The lowest BCUT2D eigenvalue weighted by molar-refractivity contribution is -0.115. The molecule has 0 unspecified atom stereocenters. The van der Waals surface area contributed by atoms with Gasteiger partial charge in [0.15, 0.2) is 5.78 Å².